The molecule has 0 radical (unpaired) electrons. The molecule has 0 bridgehead atoms. The van der Waals surface area contributed by atoms with Gasteiger partial charge in [-0.2, -0.15) is 0 Å². The van der Waals surface area contributed by atoms with Crippen LogP contribution < -0.4 is 5.73 Å². The average Bonchev–Trinajstić information content (AvgIpc) is 2.52. The monoisotopic (exact) mass is 309 g/mol. The van der Waals surface area contributed by atoms with E-state index < -0.39 is 12.2 Å². The molecule has 120 valence electrons. The maximum atomic E-state index is 10.8. The highest BCUT2D eigenvalue weighted by Gasteiger charge is 1.96. The van der Waals surface area contributed by atoms with Gasteiger partial charge in [0.15, 0.2) is 0 Å². The van der Waals surface area contributed by atoms with Gasteiger partial charge < -0.3 is 25.1 Å². The van der Waals surface area contributed by atoms with Crippen molar-refractivity contribution in [3.05, 3.63) is 54.5 Å². The number of carbonyl (C=O) groups is 2. The minimum Gasteiger partial charge on any atom is -0.447 e. The van der Waals surface area contributed by atoms with Crippen molar-refractivity contribution in [2.75, 3.05) is 13.2 Å². The van der Waals surface area contributed by atoms with Gasteiger partial charge in [0.25, 0.3) is 0 Å². The Balaban J connectivity index is 0.000000534. The Labute approximate surface area is 128 Å². The summed E-state index contributed by atoms with van der Waals surface area (Å²) in [5.41, 5.74) is 5.46. The molecule has 3 N–H and O–H groups in total. The molecule has 0 heterocycles. The van der Waals surface area contributed by atoms with Crippen LogP contribution in [0.15, 0.2) is 48.9 Å². The molecule has 22 heavy (non-hydrogen) atoms. The zero-order valence-electron chi connectivity index (χ0n) is 12.2. The fraction of sp³-hybridized carbons (Fsp3) is 0.200. The van der Waals surface area contributed by atoms with Gasteiger partial charge in [0.05, 0.1) is 19.1 Å². The summed E-state index contributed by atoms with van der Waals surface area (Å²) in [6.07, 6.45) is 4.23. The van der Waals surface area contributed by atoms with Crippen LogP contribution >= 0.6 is 0 Å². The van der Waals surface area contributed by atoms with Crippen molar-refractivity contribution in [2.45, 2.75) is 6.92 Å². The molecule has 0 saturated carbocycles. The summed E-state index contributed by atoms with van der Waals surface area (Å²) in [7, 11) is 0. The van der Waals surface area contributed by atoms with Crippen LogP contribution in [0.1, 0.15) is 12.5 Å². The van der Waals surface area contributed by atoms with Crippen LogP contribution in [0.25, 0.3) is 6.08 Å². The molecule has 0 aliphatic carbocycles. The van der Waals surface area contributed by atoms with E-state index in [9.17, 15) is 9.59 Å². The van der Waals surface area contributed by atoms with Crippen LogP contribution in [-0.4, -0.2) is 30.6 Å². The van der Waals surface area contributed by atoms with Crippen molar-refractivity contribution < 1.29 is 28.9 Å². The number of aliphatic hydroxyl groups is 1. The Morgan fingerprint density at radius 3 is 2.32 bits per heavy atom. The van der Waals surface area contributed by atoms with E-state index in [1.165, 1.54) is 12.5 Å². The van der Waals surface area contributed by atoms with Crippen LogP contribution in [0.5, 0.6) is 0 Å². The number of benzene rings is 1. The van der Waals surface area contributed by atoms with Crippen LogP contribution in [0, 0.1) is 0 Å². The molecule has 0 aliphatic heterocycles. The molecule has 0 unspecified atom stereocenters. The highest BCUT2D eigenvalue weighted by atomic mass is 16.7. The standard InChI is InChI=1S/C12H12O3.C3H7NO3/c1-2-9-14-12(13)15-10-8-11-6-4-3-5-7-11;4-3(6)7-2-1-5/h2-10H,1H3;5H,1-2H2,(H2,4,6). The quantitative estimate of drug-likeness (QED) is 0.638. The average molecular weight is 309 g/mol. The Kier molecular flexibility index (Phi) is 11.5. The summed E-state index contributed by atoms with van der Waals surface area (Å²) in [6.45, 7) is 1.55. The second-order valence-electron chi connectivity index (χ2n) is 3.56. The van der Waals surface area contributed by atoms with E-state index in [4.69, 9.17) is 5.11 Å². The van der Waals surface area contributed by atoms with Crippen LogP contribution in [0.3, 0.4) is 0 Å². The third-order valence-electron chi connectivity index (χ3n) is 1.86. The van der Waals surface area contributed by atoms with Gasteiger partial charge in [-0.05, 0) is 18.6 Å². The van der Waals surface area contributed by atoms with Gasteiger partial charge in [-0.1, -0.05) is 36.4 Å². The van der Waals surface area contributed by atoms with Crippen LogP contribution in [0.2, 0.25) is 0 Å². The smallest absolute Gasteiger partial charge is 0.447 e. The molecule has 0 atom stereocenters. The number of amides is 1. The summed E-state index contributed by atoms with van der Waals surface area (Å²) in [6, 6.07) is 9.52. The Hall–Kier alpha value is -2.80. The SMILES string of the molecule is CC=COC(=O)OC=Cc1ccccc1.NC(=O)OCCO. The lowest BCUT2D eigenvalue weighted by molar-refractivity contribution is 0.120. The number of aliphatic hydroxyl groups excluding tert-OH is 1. The number of ether oxygens (including phenoxy) is 3. The lowest BCUT2D eigenvalue weighted by Gasteiger charge is -1.95. The van der Waals surface area contributed by atoms with Gasteiger partial charge in [0.1, 0.15) is 6.61 Å². The molecule has 1 amide bonds. The Morgan fingerprint density at radius 1 is 1.18 bits per heavy atom. The van der Waals surface area contributed by atoms with E-state index in [0.717, 1.165) is 5.56 Å². The summed E-state index contributed by atoms with van der Waals surface area (Å²) >= 11 is 0. The van der Waals surface area contributed by atoms with E-state index in [-0.39, 0.29) is 13.2 Å². The lowest BCUT2D eigenvalue weighted by atomic mass is 10.2. The molecular weight excluding hydrogens is 290 g/mol. The minimum atomic E-state index is -0.853. The number of primary amides is 1. The molecule has 7 heteroatoms. The van der Waals surface area contributed by atoms with Crippen molar-refractivity contribution in [3.63, 3.8) is 0 Å². The van der Waals surface area contributed by atoms with E-state index in [0.29, 0.717) is 0 Å². The topological polar surface area (TPSA) is 108 Å². The molecule has 0 saturated heterocycles. The highest BCUT2D eigenvalue weighted by molar-refractivity contribution is 5.64. The van der Waals surface area contributed by atoms with Gasteiger partial charge in [0.2, 0.25) is 0 Å². The first-order valence-corrected chi connectivity index (χ1v) is 6.33. The normalized spacial score (nSPS) is 9.91. The molecule has 0 aliphatic rings. The third kappa shape index (κ3) is 12.2. The van der Waals surface area contributed by atoms with Crippen LogP contribution in [0.4, 0.5) is 9.59 Å². The lowest BCUT2D eigenvalue weighted by Crippen LogP contribution is -2.15. The number of hydrogen-bond acceptors (Lipinski definition) is 6. The molecule has 1 rings (SSSR count). The van der Waals surface area contributed by atoms with Gasteiger partial charge in [-0.25, -0.2) is 9.59 Å². The zero-order valence-corrected chi connectivity index (χ0v) is 12.2. The number of nitrogens with two attached hydrogens (primary N) is 1. The highest BCUT2D eigenvalue weighted by Crippen LogP contribution is 2.01. The van der Waals surface area contributed by atoms with Crippen molar-refractivity contribution in [1.29, 1.82) is 0 Å². The van der Waals surface area contributed by atoms with Crippen molar-refractivity contribution >= 4 is 18.3 Å². The van der Waals surface area contributed by atoms with Crippen molar-refractivity contribution in [3.8, 4) is 0 Å². The van der Waals surface area contributed by atoms with Gasteiger partial charge in [-0.15, -0.1) is 0 Å². The van der Waals surface area contributed by atoms with Gasteiger partial charge in [-0.3, -0.25) is 0 Å². The van der Waals surface area contributed by atoms with Crippen molar-refractivity contribution in [2.24, 2.45) is 5.73 Å². The predicted octanol–water partition coefficient (Wildman–Crippen LogP) is 2.42. The third-order valence-corrected chi connectivity index (χ3v) is 1.86. The van der Waals surface area contributed by atoms with Crippen molar-refractivity contribution in [1.82, 2.24) is 0 Å². The largest absolute Gasteiger partial charge is 0.518 e. The number of carbonyl (C=O) groups excluding carboxylic acids is 2. The number of allylic oxidation sites excluding steroid dienone is 1. The first kappa shape index (κ1) is 19.2. The Morgan fingerprint density at radius 2 is 1.82 bits per heavy atom. The maximum absolute atomic E-state index is 10.8. The fourth-order valence-corrected chi connectivity index (χ4v) is 1.03. The number of hydrogen-bond donors (Lipinski definition) is 2. The molecule has 1 aromatic carbocycles. The Bertz CT molecular complexity index is 484. The van der Waals surface area contributed by atoms with E-state index in [1.807, 2.05) is 30.3 Å². The predicted molar refractivity (Wildman–Crippen MR) is 80.5 cm³/mol. The maximum Gasteiger partial charge on any atom is 0.518 e. The molecule has 7 nitrogen and oxygen atoms in total. The minimum absolute atomic E-state index is 0.0185. The van der Waals surface area contributed by atoms with E-state index in [2.05, 4.69) is 19.9 Å². The summed E-state index contributed by atoms with van der Waals surface area (Å²) in [5.74, 6) is 0. The summed E-state index contributed by atoms with van der Waals surface area (Å²) in [4.78, 5) is 20.5. The first-order chi connectivity index (χ1) is 10.6. The van der Waals surface area contributed by atoms with Gasteiger partial charge in [0, 0.05) is 0 Å². The number of rotatable bonds is 5. The van der Waals surface area contributed by atoms with E-state index >= 15 is 0 Å². The van der Waals surface area contributed by atoms with Crippen LogP contribution in [-0.2, 0) is 14.2 Å². The second-order valence-corrected chi connectivity index (χ2v) is 3.56. The molecule has 0 fully saturated rings. The summed E-state index contributed by atoms with van der Waals surface area (Å²) < 4.78 is 13.3. The second kappa shape index (κ2) is 13.2. The molecule has 0 spiro atoms. The van der Waals surface area contributed by atoms with Gasteiger partial charge >= 0.3 is 12.2 Å². The fourth-order valence-electron chi connectivity index (χ4n) is 1.03. The molecule has 0 aromatic heterocycles. The molecular formula is C15H19NO6. The first-order valence-electron chi connectivity index (χ1n) is 6.33. The summed E-state index contributed by atoms with van der Waals surface area (Å²) in [5, 5.41) is 7.98. The zero-order chi connectivity index (χ0) is 16.6. The van der Waals surface area contributed by atoms with E-state index in [1.54, 1.807) is 19.1 Å². The molecule has 1 aromatic rings.